The molecule has 1 heterocycles. The first kappa shape index (κ1) is 10.8. The zero-order valence-electron chi connectivity index (χ0n) is 9.07. The van der Waals surface area contributed by atoms with Crippen LogP contribution in [0.2, 0.25) is 0 Å². The molecule has 1 rings (SSSR count). The first-order valence-electron chi connectivity index (χ1n) is 4.65. The van der Waals surface area contributed by atoms with Crippen LogP contribution in [-0.4, -0.2) is 22.9 Å². The molecule has 0 amide bonds. The monoisotopic (exact) mass is 196 g/mol. The van der Waals surface area contributed by atoms with Gasteiger partial charge in [-0.2, -0.15) is 5.10 Å². The summed E-state index contributed by atoms with van der Waals surface area (Å²) in [7, 11) is 3.12. The van der Waals surface area contributed by atoms with Crippen LogP contribution in [0.15, 0.2) is 6.07 Å². The Bertz CT molecular complexity index is 329. The Morgan fingerprint density at radius 3 is 2.79 bits per heavy atom. The molecule has 4 heteroatoms. The molecular weight excluding hydrogens is 180 g/mol. The number of rotatable bonds is 3. The highest BCUT2D eigenvalue weighted by Gasteiger charge is 2.13. The van der Waals surface area contributed by atoms with Gasteiger partial charge in [0.05, 0.1) is 12.8 Å². The van der Waals surface area contributed by atoms with Crippen molar-refractivity contribution in [3.63, 3.8) is 0 Å². The summed E-state index contributed by atoms with van der Waals surface area (Å²) in [6.07, 6.45) is 0.880. The molecule has 1 aromatic rings. The van der Waals surface area contributed by atoms with E-state index >= 15 is 0 Å². The topological polar surface area (TPSA) is 44.1 Å². The minimum absolute atomic E-state index is 0.338. The summed E-state index contributed by atoms with van der Waals surface area (Å²) in [5.41, 5.74) is 1.44. The maximum absolute atomic E-state index is 11.3. The van der Waals surface area contributed by atoms with Gasteiger partial charge in [0, 0.05) is 7.05 Å². The van der Waals surface area contributed by atoms with Crippen molar-refractivity contribution in [3.8, 4) is 0 Å². The molecule has 0 bridgehead atoms. The molecule has 0 unspecified atom stereocenters. The lowest BCUT2D eigenvalue weighted by atomic mass is 10.1. The van der Waals surface area contributed by atoms with Gasteiger partial charge >= 0.3 is 5.97 Å². The van der Waals surface area contributed by atoms with Crippen LogP contribution in [0, 0.1) is 5.92 Å². The Labute approximate surface area is 83.9 Å². The van der Waals surface area contributed by atoms with E-state index in [0.717, 1.165) is 12.1 Å². The van der Waals surface area contributed by atoms with Crippen LogP contribution in [-0.2, 0) is 18.2 Å². The van der Waals surface area contributed by atoms with E-state index in [4.69, 9.17) is 0 Å². The highest BCUT2D eigenvalue weighted by Crippen LogP contribution is 2.09. The van der Waals surface area contributed by atoms with Gasteiger partial charge in [0.2, 0.25) is 0 Å². The lowest BCUT2D eigenvalue weighted by molar-refractivity contribution is 0.0588. The fourth-order valence-corrected chi connectivity index (χ4v) is 1.34. The van der Waals surface area contributed by atoms with Gasteiger partial charge in [-0.25, -0.2) is 4.79 Å². The van der Waals surface area contributed by atoms with Crippen LogP contribution < -0.4 is 0 Å². The van der Waals surface area contributed by atoms with Gasteiger partial charge in [-0.05, 0) is 18.4 Å². The number of aromatic nitrogens is 2. The number of methoxy groups -OCH3 is 1. The van der Waals surface area contributed by atoms with E-state index in [-0.39, 0.29) is 5.97 Å². The van der Waals surface area contributed by atoms with E-state index < -0.39 is 0 Å². The smallest absolute Gasteiger partial charge is 0.356 e. The Morgan fingerprint density at radius 2 is 2.29 bits per heavy atom. The van der Waals surface area contributed by atoms with Crippen molar-refractivity contribution in [2.75, 3.05) is 7.11 Å². The molecule has 0 aromatic carbocycles. The number of ether oxygens (including phenoxy) is 1. The van der Waals surface area contributed by atoms with Gasteiger partial charge in [-0.3, -0.25) is 4.68 Å². The standard InChI is InChI=1S/C10H16N2O2/c1-7(2)5-8-6-9(10(13)14-4)12(3)11-8/h6-7H,5H2,1-4H3. The largest absolute Gasteiger partial charge is 0.464 e. The molecule has 4 nitrogen and oxygen atoms in total. The van der Waals surface area contributed by atoms with E-state index in [9.17, 15) is 4.79 Å². The molecule has 0 N–H and O–H groups in total. The van der Waals surface area contributed by atoms with E-state index in [1.807, 2.05) is 0 Å². The van der Waals surface area contributed by atoms with E-state index in [2.05, 4.69) is 23.7 Å². The number of aryl methyl sites for hydroxylation is 1. The molecule has 0 radical (unpaired) electrons. The Morgan fingerprint density at radius 1 is 1.64 bits per heavy atom. The van der Waals surface area contributed by atoms with Crippen LogP contribution in [0.1, 0.15) is 30.0 Å². The fourth-order valence-electron chi connectivity index (χ4n) is 1.34. The van der Waals surface area contributed by atoms with Crippen molar-refractivity contribution in [1.29, 1.82) is 0 Å². The van der Waals surface area contributed by atoms with Gasteiger partial charge in [0.25, 0.3) is 0 Å². The molecule has 0 saturated carbocycles. The number of carbonyl (C=O) groups excluding carboxylic acids is 1. The summed E-state index contributed by atoms with van der Waals surface area (Å²) in [5.74, 6) is 0.199. The predicted molar refractivity (Wildman–Crippen MR) is 53.1 cm³/mol. The molecule has 0 fully saturated rings. The number of hydrogen-bond donors (Lipinski definition) is 0. The van der Waals surface area contributed by atoms with Crippen molar-refractivity contribution >= 4 is 5.97 Å². The third-order valence-electron chi connectivity index (χ3n) is 1.94. The van der Waals surface area contributed by atoms with E-state index in [0.29, 0.717) is 11.6 Å². The molecular formula is C10H16N2O2. The van der Waals surface area contributed by atoms with Crippen molar-refractivity contribution in [2.24, 2.45) is 13.0 Å². The number of carbonyl (C=O) groups is 1. The lowest BCUT2D eigenvalue weighted by Crippen LogP contribution is -2.07. The first-order valence-corrected chi connectivity index (χ1v) is 4.65. The summed E-state index contributed by atoms with van der Waals surface area (Å²) in [4.78, 5) is 11.3. The fraction of sp³-hybridized carbons (Fsp3) is 0.600. The van der Waals surface area contributed by atoms with Crippen LogP contribution in [0.3, 0.4) is 0 Å². The Balaban J connectivity index is 2.87. The van der Waals surface area contributed by atoms with Crippen LogP contribution in [0.4, 0.5) is 0 Å². The van der Waals surface area contributed by atoms with Gasteiger partial charge in [0.15, 0.2) is 0 Å². The molecule has 0 saturated heterocycles. The molecule has 14 heavy (non-hydrogen) atoms. The summed E-state index contributed by atoms with van der Waals surface area (Å²) in [6, 6.07) is 1.78. The van der Waals surface area contributed by atoms with Crippen LogP contribution in [0.25, 0.3) is 0 Å². The molecule has 0 aliphatic rings. The highest BCUT2D eigenvalue weighted by molar-refractivity contribution is 5.87. The number of esters is 1. The Hall–Kier alpha value is -1.32. The summed E-state index contributed by atoms with van der Waals surface area (Å²) >= 11 is 0. The molecule has 78 valence electrons. The van der Waals surface area contributed by atoms with Crippen molar-refractivity contribution < 1.29 is 9.53 Å². The second kappa shape index (κ2) is 4.26. The van der Waals surface area contributed by atoms with Crippen molar-refractivity contribution in [2.45, 2.75) is 20.3 Å². The minimum atomic E-state index is -0.338. The van der Waals surface area contributed by atoms with Crippen LogP contribution >= 0.6 is 0 Å². The number of hydrogen-bond acceptors (Lipinski definition) is 3. The second-order valence-corrected chi connectivity index (χ2v) is 3.73. The summed E-state index contributed by atoms with van der Waals surface area (Å²) in [6.45, 7) is 4.24. The van der Waals surface area contributed by atoms with Crippen molar-refractivity contribution in [3.05, 3.63) is 17.5 Å². The quantitative estimate of drug-likeness (QED) is 0.686. The molecule has 0 atom stereocenters. The maximum atomic E-state index is 11.3. The number of nitrogens with zero attached hydrogens (tertiary/aromatic N) is 2. The van der Waals surface area contributed by atoms with Gasteiger partial charge in [-0.15, -0.1) is 0 Å². The second-order valence-electron chi connectivity index (χ2n) is 3.73. The molecule has 1 aromatic heterocycles. The first-order chi connectivity index (χ1) is 6.54. The maximum Gasteiger partial charge on any atom is 0.356 e. The van der Waals surface area contributed by atoms with Crippen LogP contribution in [0.5, 0.6) is 0 Å². The third-order valence-corrected chi connectivity index (χ3v) is 1.94. The van der Waals surface area contributed by atoms with E-state index in [1.165, 1.54) is 7.11 Å². The summed E-state index contributed by atoms with van der Waals surface area (Å²) < 4.78 is 6.19. The van der Waals surface area contributed by atoms with Gasteiger partial charge < -0.3 is 4.74 Å². The zero-order valence-corrected chi connectivity index (χ0v) is 9.07. The van der Waals surface area contributed by atoms with Gasteiger partial charge in [-0.1, -0.05) is 13.8 Å². The summed E-state index contributed by atoms with van der Waals surface area (Å²) in [5, 5.41) is 4.24. The molecule has 0 aliphatic carbocycles. The zero-order chi connectivity index (χ0) is 10.7. The normalized spacial score (nSPS) is 10.6. The highest BCUT2D eigenvalue weighted by atomic mass is 16.5. The SMILES string of the molecule is COC(=O)c1cc(CC(C)C)nn1C. The van der Waals surface area contributed by atoms with Crippen molar-refractivity contribution in [1.82, 2.24) is 9.78 Å². The lowest BCUT2D eigenvalue weighted by Gasteiger charge is -1.98. The Kier molecular flexibility index (Phi) is 3.28. The molecule has 0 spiro atoms. The minimum Gasteiger partial charge on any atom is -0.464 e. The molecule has 0 aliphatic heterocycles. The van der Waals surface area contributed by atoms with E-state index in [1.54, 1.807) is 17.8 Å². The average Bonchev–Trinajstić information content (AvgIpc) is 2.44. The third kappa shape index (κ3) is 2.34. The predicted octanol–water partition coefficient (Wildman–Crippen LogP) is 1.41. The van der Waals surface area contributed by atoms with Gasteiger partial charge in [0.1, 0.15) is 5.69 Å². The average molecular weight is 196 g/mol.